The molecule has 0 aliphatic heterocycles. The van der Waals surface area contributed by atoms with E-state index in [-0.39, 0.29) is 6.04 Å². The van der Waals surface area contributed by atoms with Crippen LogP contribution in [0, 0.1) is 5.92 Å². The summed E-state index contributed by atoms with van der Waals surface area (Å²) in [5, 5.41) is 14.9. The van der Waals surface area contributed by atoms with E-state index in [2.05, 4.69) is 19.2 Å². The molecule has 112 valence electrons. The zero-order chi connectivity index (χ0) is 14.6. The lowest BCUT2D eigenvalue weighted by Gasteiger charge is -2.36. The average molecular weight is 296 g/mol. The van der Waals surface area contributed by atoms with Crippen molar-refractivity contribution in [3.63, 3.8) is 0 Å². The first-order valence-corrected chi connectivity index (χ1v) is 8.11. The summed E-state index contributed by atoms with van der Waals surface area (Å²) in [6.45, 7) is 5.05. The van der Waals surface area contributed by atoms with Gasteiger partial charge in [0.05, 0.1) is 5.60 Å². The summed E-state index contributed by atoms with van der Waals surface area (Å²) in [6.07, 6.45) is 5.40. The second kappa shape index (κ2) is 6.93. The minimum atomic E-state index is -0.521. The van der Waals surface area contributed by atoms with Crippen molar-refractivity contribution >= 4 is 11.6 Å². The standard InChI is InChI=1S/C17H26ClNO/c1-3-14-8-10-17(20,11-9-14)12-19-13(2)15-4-6-16(18)7-5-15/h4-7,13-14,19-20H,3,8-12H2,1-2H3. The fraction of sp³-hybridized carbons (Fsp3) is 0.647. The van der Waals surface area contributed by atoms with E-state index in [4.69, 9.17) is 11.6 Å². The zero-order valence-electron chi connectivity index (χ0n) is 12.5. The first kappa shape index (κ1) is 15.8. The number of aliphatic hydroxyl groups is 1. The van der Waals surface area contributed by atoms with Gasteiger partial charge < -0.3 is 10.4 Å². The molecular formula is C17H26ClNO. The van der Waals surface area contributed by atoms with Gasteiger partial charge >= 0.3 is 0 Å². The quantitative estimate of drug-likeness (QED) is 0.848. The lowest BCUT2D eigenvalue weighted by Crippen LogP contribution is -2.44. The molecule has 1 atom stereocenters. The maximum absolute atomic E-state index is 10.6. The molecule has 0 heterocycles. The predicted molar refractivity (Wildman–Crippen MR) is 85.1 cm³/mol. The summed E-state index contributed by atoms with van der Waals surface area (Å²) in [6, 6.07) is 8.14. The third kappa shape index (κ3) is 4.21. The van der Waals surface area contributed by atoms with E-state index in [1.54, 1.807) is 0 Å². The molecule has 3 heteroatoms. The van der Waals surface area contributed by atoms with Crippen LogP contribution >= 0.6 is 11.6 Å². The molecule has 0 saturated heterocycles. The minimum Gasteiger partial charge on any atom is -0.389 e. The van der Waals surface area contributed by atoms with Gasteiger partial charge in [0, 0.05) is 17.6 Å². The second-order valence-corrected chi connectivity index (χ2v) is 6.67. The molecule has 1 aliphatic rings. The number of rotatable bonds is 5. The molecule has 2 rings (SSSR count). The van der Waals surface area contributed by atoms with Crippen LogP contribution in [0.25, 0.3) is 0 Å². The van der Waals surface area contributed by atoms with Crippen molar-refractivity contribution in [2.75, 3.05) is 6.54 Å². The Morgan fingerprint density at radius 1 is 1.30 bits per heavy atom. The van der Waals surface area contributed by atoms with E-state index in [1.165, 1.54) is 12.0 Å². The highest BCUT2D eigenvalue weighted by Gasteiger charge is 2.32. The molecule has 0 spiro atoms. The summed E-state index contributed by atoms with van der Waals surface area (Å²) in [5.74, 6) is 0.809. The number of benzene rings is 1. The van der Waals surface area contributed by atoms with E-state index in [1.807, 2.05) is 24.3 Å². The van der Waals surface area contributed by atoms with Gasteiger partial charge in [-0.1, -0.05) is 37.1 Å². The van der Waals surface area contributed by atoms with Crippen molar-refractivity contribution in [2.45, 2.75) is 57.6 Å². The van der Waals surface area contributed by atoms with Gasteiger partial charge in [-0.15, -0.1) is 0 Å². The highest BCUT2D eigenvalue weighted by Crippen LogP contribution is 2.33. The first-order valence-electron chi connectivity index (χ1n) is 7.73. The largest absolute Gasteiger partial charge is 0.389 e. The van der Waals surface area contributed by atoms with Crippen LogP contribution in [-0.2, 0) is 0 Å². The molecule has 0 radical (unpaired) electrons. The topological polar surface area (TPSA) is 32.3 Å². The molecule has 0 amide bonds. The van der Waals surface area contributed by atoms with E-state index in [0.717, 1.165) is 36.6 Å². The van der Waals surface area contributed by atoms with Gasteiger partial charge in [-0.2, -0.15) is 0 Å². The SMILES string of the molecule is CCC1CCC(O)(CNC(C)c2ccc(Cl)cc2)CC1. The highest BCUT2D eigenvalue weighted by molar-refractivity contribution is 6.30. The molecule has 1 aromatic rings. The molecule has 1 saturated carbocycles. The van der Waals surface area contributed by atoms with Crippen LogP contribution in [0.15, 0.2) is 24.3 Å². The van der Waals surface area contributed by atoms with Gasteiger partial charge in [0.25, 0.3) is 0 Å². The first-order chi connectivity index (χ1) is 9.52. The maximum Gasteiger partial charge on any atom is 0.0772 e. The van der Waals surface area contributed by atoms with Crippen molar-refractivity contribution in [3.05, 3.63) is 34.9 Å². The van der Waals surface area contributed by atoms with E-state index in [9.17, 15) is 5.11 Å². The molecule has 20 heavy (non-hydrogen) atoms. The Kier molecular flexibility index (Phi) is 5.48. The monoisotopic (exact) mass is 295 g/mol. The normalized spacial score (nSPS) is 28.3. The van der Waals surface area contributed by atoms with Crippen molar-refractivity contribution in [1.29, 1.82) is 0 Å². The second-order valence-electron chi connectivity index (χ2n) is 6.23. The van der Waals surface area contributed by atoms with E-state index in [0.29, 0.717) is 6.54 Å². The molecule has 0 bridgehead atoms. The third-order valence-electron chi connectivity index (χ3n) is 4.72. The lowest BCUT2D eigenvalue weighted by molar-refractivity contribution is -0.0103. The molecule has 1 unspecified atom stereocenters. The van der Waals surface area contributed by atoms with Gasteiger partial charge in [0.1, 0.15) is 0 Å². The fourth-order valence-corrected chi connectivity index (χ4v) is 3.14. The number of hydrogen-bond donors (Lipinski definition) is 2. The Morgan fingerprint density at radius 3 is 2.45 bits per heavy atom. The van der Waals surface area contributed by atoms with Crippen LogP contribution in [0.1, 0.15) is 57.6 Å². The van der Waals surface area contributed by atoms with Gasteiger partial charge in [0.15, 0.2) is 0 Å². The van der Waals surface area contributed by atoms with Crippen LogP contribution in [0.3, 0.4) is 0 Å². The number of nitrogens with one attached hydrogen (secondary N) is 1. The molecule has 1 fully saturated rings. The van der Waals surface area contributed by atoms with Gasteiger partial charge in [0.2, 0.25) is 0 Å². The van der Waals surface area contributed by atoms with Gasteiger partial charge in [-0.05, 0) is 56.2 Å². The molecular weight excluding hydrogens is 270 g/mol. The highest BCUT2D eigenvalue weighted by atomic mass is 35.5. The van der Waals surface area contributed by atoms with Gasteiger partial charge in [-0.3, -0.25) is 0 Å². The van der Waals surface area contributed by atoms with Crippen molar-refractivity contribution in [2.24, 2.45) is 5.92 Å². The molecule has 1 aliphatic carbocycles. The Hall–Kier alpha value is -0.570. The van der Waals surface area contributed by atoms with Crippen LogP contribution in [0.5, 0.6) is 0 Å². The van der Waals surface area contributed by atoms with Crippen LogP contribution in [0.2, 0.25) is 5.02 Å². The molecule has 2 nitrogen and oxygen atoms in total. The molecule has 0 aromatic heterocycles. The predicted octanol–water partition coefficient (Wildman–Crippen LogP) is 4.32. The zero-order valence-corrected chi connectivity index (χ0v) is 13.3. The van der Waals surface area contributed by atoms with E-state index >= 15 is 0 Å². The Bertz CT molecular complexity index is 410. The Balaban J connectivity index is 1.84. The molecule has 2 N–H and O–H groups in total. The van der Waals surface area contributed by atoms with Crippen molar-refractivity contribution in [3.8, 4) is 0 Å². The van der Waals surface area contributed by atoms with Crippen molar-refractivity contribution < 1.29 is 5.11 Å². The Labute approximate surface area is 127 Å². The van der Waals surface area contributed by atoms with Crippen LogP contribution < -0.4 is 5.32 Å². The Morgan fingerprint density at radius 2 is 1.90 bits per heavy atom. The smallest absolute Gasteiger partial charge is 0.0772 e. The van der Waals surface area contributed by atoms with Crippen LogP contribution in [-0.4, -0.2) is 17.3 Å². The van der Waals surface area contributed by atoms with Crippen LogP contribution in [0.4, 0.5) is 0 Å². The summed E-state index contributed by atoms with van der Waals surface area (Å²) >= 11 is 5.90. The maximum atomic E-state index is 10.6. The fourth-order valence-electron chi connectivity index (χ4n) is 3.01. The van der Waals surface area contributed by atoms with Gasteiger partial charge in [-0.25, -0.2) is 0 Å². The average Bonchev–Trinajstić information content (AvgIpc) is 2.46. The summed E-state index contributed by atoms with van der Waals surface area (Å²) < 4.78 is 0. The number of halogens is 1. The number of hydrogen-bond acceptors (Lipinski definition) is 2. The van der Waals surface area contributed by atoms with Crippen molar-refractivity contribution in [1.82, 2.24) is 5.32 Å². The summed E-state index contributed by atoms with van der Waals surface area (Å²) in [4.78, 5) is 0. The minimum absolute atomic E-state index is 0.236. The third-order valence-corrected chi connectivity index (χ3v) is 4.97. The summed E-state index contributed by atoms with van der Waals surface area (Å²) in [7, 11) is 0. The molecule has 1 aromatic carbocycles. The lowest BCUT2D eigenvalue weighted by atomic mass is 9.77. The van der Waals surface area contributed by atoms with E-state index < -0.39 is 5.60 Å². The summed E-state index contributed by atoms with van der Waals surface area (Å²) in [5.41, 5.74) is 0.687.